The maximum Gasteiger partial charge on any atom is 0.245 e. The van der Waals surface area contributed by atoms with Gasteiger partial charge in [-0.15, -0.1) is 10.2 Å². The van der Waals surface area contributed by atoms with E-state index in [9.17, 15) is 8.42 Å². The first kappa shape index (κ1) is 16.2. The van der Waals surface area contributed by atoms with Gasteiger partial charge in [-0.05, 0) is 25.0 Å². The zero-order valence-electron chi connectivity index (χ0n) is 13.7. The number of sulfonamides is 1. The fourth-order valence-corrected chi connectivity index (χ4v) is 5.73. The first-order valence-electron chi connectivity index (χ1n) is 8.37. The van der Waals surface area contributed by atoms with Gasteiger partial charge in [-0.3, -0.25) is 0 Å². The van der Waals surface area contributed by atoms with Gasteiger partial charge in [0.15, 0.2) is 5.82 Å². The van der Waals surface area contributed by atoms with Crippen molar-refractivity contribution in [2.45, 2.75) is 29.9 Å². The summed E-state index contributed by atoms with van der Waals surface area (Å²) in [6.45, 7) is 1.50. The van der Waals surface area contributed by atoms with Gasteiger partial charge in [-0.1, -0.05) is 6.07 Å². The van der Waals surface area contributed by atoms with Crippen LogP contribution in [0.2, 0.25) is 0 Å². The van der Waals surface area contributed by atoms with Crippen LogP contribution in [0.5, 0.6) is 0 Å². The maximum atomic E-state index is 13.0. The summed E-state index contributed by atoms with van der Waals surface area (Å²) in [6.07, 6.45) is 3.55. The minimum Gasteiger partial charge on any atom is -0.370 e. The summed E-state index contributed by atoms with van der Waals surface area (Å²) in [4.78, 5) is 0.213. The van der Waals surface area contributed by atoms with Crippen molar-refractivity contribution >= 4 is 32.8 Å². The monoisotopic (exact) mass is 392 g/mol. The van der Waals surface area contributed by atoms with Crippen molar-refractivity contribution in [1.29, 1.82) is 0 Å². The predicted molar refractivity (Wildman–Crippen MR) is 93.2 cm³/mol. The number of rotatable bonds is 4. The molecule has 9 nitrogen and oxygen atoms in total. The Labute approximate surface area is 154 Å². The summed E-state index contributed by atoms with van der Waals surface area (Å²) < 4.78 is 43.3. The van der Waals surface area contributed by atoms with E-state index in [-0.39, 0.29) is 17.0 Å². The van der Waals surface area contributed by atoms with Crippen molar-refractivity contribution in [3.05, 3.63) is 30.4 Å². The third-order valence-electron chi connectivity index (χ3n) is 4.91. The fourth-order valence-electron chi connectivity index (χ4n) is 3.46. The largest absolute Gasteiger partial charge is 0.370 e. The Morgan fingerprint density at radius 3 is 2.92 bits per heavy atom. The first-order valence-corrected chi connectivity index (χ1v) is 10.5. The van der Waals surface area contributed by atoms with Gasteiger partial charge in [-0.2, -0.15) is 13.1 Å². The molecule has 0 saturated carbocycles. The molecule has 2 aliphatic rings. The van der Waals surface area contributed by atoms with E-state index in [0.29, 0.717) is 24.1 Å². The van der Waals surface area contributed by atoms with Gasteiger partial charge in [0.05, 0.1) is 17.8 Å². The summed E-state index contributed by atoms with van der Waals surface area (Å²) in [5, 5.41) is 8.18. The summed E-state index contributed by atoms with van der Waals surface area (Å²) in [6, 6.07) is 5.07. The second-order valence-electron chi connectivity index (χ2n) is 6.46. The Kier molecular flexibility index (Phi) is 3.78. The molecule has 0 unspecified atom stereocenters. The zero-order valence-corrected chi connectivity index (χ0v) is 15.4. The molecule has 0 spiro atoms. The fraction of sp³-hybridized carbons (Fsp3) is 0.467. The molecule has 1 atom stereocenters. The lowest BCUT2D eigenvalue weighted by atomic mass is 10.1. The number of aromatic nitrogens is 5. The molecule has 2 aromatic heterocycles. The average molecular weight is 392 g/mol. The Morgan fingerprint density at radius 2 is 2.12 bits per heavy atom. The van der Waals surface area contributed by atoms with Gasteiger partial charge in [-0.25, -0.2) is 8.42 Å². The summed E-state index contributed by atoms with van der Waals surface area (Å²) in [7, 11) is -3.60. The second kappa shape index (κ2) is 6.05. The second-order valence-corrected chi connectivity index (χ2v) is 8.90. The van der Waals surface area contributed by atoms with E-state index < -0.39 is 10.0 Å². The van der Waals surface area contributed by atoms with Gasteiger partial charge in [0, 0.05) is 19.7 Å². The quantitative estimate of drug-likeness (QED) is 0.661. The standard InChI is InChI=1S/C15H16N6O3S2/c22-26(23,13-5-1-3-11-14(13)19-25-18-11)20-7-10(8-20)21-9-16-17-15(21)12-4-2-6-24-12/h1,3,5,9-10,12H,2,4,6-8H2/t12-/m0/s1. The van der Waals surface area contributed by atoms with Crippen molar-refractivity contribution in [3.8, 4) is 0 Å². The number of benzene rings is 1. The lowest BCUT2D eigenvalue weighted by Gasteiger charge is -2.39. The molecule has 2 saturated heterocycles. The molecule has 1 aromatic carbocycles. The smallest absolute Gasteiger partial charge is 0.245 e. The number of hydrogen-bond donors (Lipinski definition) is 0. The molecular weight excluding hydrogens is 376 g/mol. The summed E-state index contributed by atoms with van der Waals surface area (Å²) >= 11 is 1.02. The normalized spacial score (nSPS) is 22.1. The topological polar surface area (TPSA) is 103 Å². The minimum atomic E-state index is -3.60. The molecule has 4 heterocycles. The molecule has 136 valence electrons. The molecule has 0 aliphatic carbocycles. The van der Waals surface area contributed by atoms with Crippen LogP contribution in [-0.2, 0) is 14.8 Å². The highest BCUT2D eigenvalue weighted by atomic mass is 32.2. The number of ether oxygens (including phenoxy) is 1. The molecule has 26 heavy (non-hydrogen) atoms. The molecule has 0 N–H and O–H groups in total. The summed E-state index contributed by atoms with van der Waals surface area (Å²) in [5.41, 5.74) is 1.04. The summed E-state index contributed by atoms with van der Waals surface area (Å²) in [5.74, 6) is 0.787. The molecule has 5 rings (SSSR count). The molecule has 0 bridgehead atoms. The van der Waals surface area contributed by atoms with Crippen LogP contribution in [-0.4, -0.2) is 55.9 Å². The minimum absolute atomic E-state index is 0.0201. The highest BCUT2D eigenvalue weighted by molar-refractivity contribution is 7.89. The van der Waals surface area contributed by atoms with E-state index in [2.05, 4.69) is 18.9 Å². The van der Waals surface area contributed by atoms with Crippen LogP contribution in [0, 0.1) is 0 Å². The number of nitrogens with zero attached hydrogens (tertiary/aromatic N) is 6. The van der Waals surface area contributed by atoms with E-state index in [1.165, 1.54) is 4.31 Å². The molecular formula is C15H16N6O3S2. The third-order valence-corrected chi connectivity index (χ3v) is 7.31. The molecule has 11 heteroatoms. The van der Waals surface area contributed by atoms with Crippen LogP contribution in [0.25, 0.3) is 11.0 Å². The van der Waals surface area contributed by atoms with Crippen molar-refractivity contribution in [3.63, 3.8) is 0 Å². The predicted octanol–water partition coefficient (Wildman–Crippen LogP) is 1.38. The number of fused-ring (bicyclic) bond motifs is 1. The Bertz CT molecular complexity index is 1050. The SMILES string of the molecule is O=S(=O)(c1cccc2nsnc12)N1CC(n2cnnc2[C@@H]2CCCO2)C1. The zero-order chi connectivity index (χ0) is 17.7. The van der Waals surface area contributed by atoms with Crippen molar-refractivity contribution in [1.82, 2.24) is 27.8 Å². The Balaban J connectivity index is 1.38. The highest BCUT2D eigenvalue weighted by Crippen LogP contribution is 2.34. The Morgan fingerprint density at radius 1 is 1.23 bits per heavy atom. The highest BCUT2D eigenvalue weighted by Gasteiger charge is 2.40. The van der Waals surface area contributed by atoms with E-state index in [1.807, 2.05) is 4.57 Å². The molecule has 3 aromatic rings. The third kappa shape index (κ3) is 2.46. The lowest BCUT2D eigenvalue weighted by Crippen LogP contribution is -2.50. The maximum absolute atomic E-state index is 13.0. The molecule has 2 aliphatic heterocycles. The average Bonchev–Trinajstić information content (AvgIpc) is 3.33. The van der Waals surface area contributed by atoms with Gasteiger partial charge >= 0.3 is 0 Å². The van der Waals surface area contributed by atoms with Crippen molar-refractivity contribution in [2.24, 2.45) is 0 Å². The van der Waals surface area contributed by atoms with Crippen LogP contribution >= 0.6 is 11.7 Å². The van der Waals surface area contributed by atoms with Crippen LogP contribution in [0.3, 0.4) is 0 Å². The van der Waals surface area contributed by atoms with E-state index >= 15 is 0 Å². The van der Waals surface area contributed by atoms with Crippen LogP contribution < -0.4 is 0 Å². The lowest BCUT2D eigenvalue weighted by molar-refractivity contribution is 0.0944. The first-order chi connectivity index (χ1) is 12.6. The van der Waals surface area contributed by atoms with Gasteiger partial charge in [0.25, 0.3) is 0 Å². The van der Waals surface area contributed by atoms with Crippen molar-refractivity contribution < 1.29 is 13.2 Å². The number of hydrogen-bond acceptors (Lipinski definition) is 8. The molecule has 0 radical (unpaired) electrons. The van der Waals surface area contributed by atoms with E-state index in [0.717, 1.165) is 37.0 Å². The molecule has 2 fully saturated rings. The van der Waals surface area contributed by atoms with Crippen molar-refractivity contribution in [2.75, 3.05) is 19.7 Å². The van der Waals surface area contributed by atoms with Gasteiger partial charge in [0.1, 0.15) is 28.4 Å². The molecule has 0 amide bonds. The van der Waals surface area contributed by atoms with Crippen LogP contribution in [0.1, 0.15) is 30.8 Å². The Hall–Kier alpha value is -1.95. The van der Waals surface area contributed by atoms with E-state index in [1.54, 1.807) is 24.5 Å². The van der Waals surface area contributed by atoms with Gasteiger partial charge in [0.2, 0.25) is 10.0 Å². The van der Waals surface area contributed by atoms with Crippen LogP contribution in [0.4, 0.5) is 0 Å². The van der Waals surface area contributed by atoms with Gasteiger partial charge < -0.3 is 9.30 Å². The van der Waals surface area contributed by atoms with E-state index in [4.69, 9.17) is 4.74 Å². The van der Waals surface area contributed by atoms with Crippen LogP contribution in [0.15, 0.2) is 29.4 Å².